The second-order valence-corrected chi connectivity index (χ2v) is 7.36. The monoisotopic (exact) mass is 385 g/mol. The first kappa shape index (κ1) is 17.7. The second-order valence-electron chi connectivity index (χ2n) is 7.36. The summed E-state index contributed by atoms with van der Waals surface area (Å²) in [7, 11) is 0. The number of anilines is 1. The van der Waals surface area contributed by atoms with Gasteiger partial charge in [0.1, 0.15) is 30.1 Å². The average Bonchev–Trinajstić information content (AvgIpc) is 3.42. The third kappa shape index (κ3) is 3.43. The molecule has 0 radical (unpaired) electrons. The molecule has 4 aromatic rings. The molecule has 3 heterocycles. The highest BCUT2D eigenvalue weighted by Gasteiger charge is 2.22. The van der Waals surface area contributed by atoms with Gasteiger partial charge in [-0.2, -0.15) is 0 Å². The zero-order valence-electron chi connectivity index (χ0n) is 16.1. The number of ether oxygens (including phenoxy) is 1. The molecule has 2 aromatic carbocycles. The number of aromatic nitrogens is 3. The highest BCUT2D eigenvalue weighted by Crippen LogP contribution is 2.36. The summed E-state index contributed by atoms with van der Waals surface area (Å²) in [5.74, 6) is 1.33. The second kappa shape index (κ2) is 7.56. The Kier molecular flexibility index (Phi) is 4.62. The quantitative estimate of drug-likeness (QED) is 0.546. The van der Waals surface area contributed by atoms with E-state index in [9.17, 15) is 0 Å². The van der Waals surface area contributed by atoms with Crippen molar-refractivity contribution in [2.75, 3.05) is 18.8 Å². The van der Waals surface area contributed by atoms with Gasteiger partial charge in [-0.25, -0.2) is 9.97 Å². The maximum absolute atomic E-state index is 6.27. The minimum Gasteiger partial charge on any atom is -0.489 e. The van der Waals surface area contributed by atoms with Crippen molar-refractivity contribution in [3.63, 3.8) is 0 Å². The van der Waals surface area contributed by atoms with E-state index in [1.165, 1.54) is 0 Å². The third-order valence-electron chi connectivity index (χ3n) is 5.46. The van der Waals surface area contributed by atoms with E-state index in [0.717, 1.165) is 53.0 Å². The van der Waals surface area contributed by atoms with E-state index in [4.69, 9.17) is 10.5 Å². The summed E-state index contributed by atoms with van der Waals surface area (Å²) in [6, 6.07) is 18.7. The minimum absolute atomic E-state index is 0.373. The molecule has 1 unspecified atom stereocenters. The largest absolute Gasteiger partial charge is 0.489 e. The van der Waals surface area contributed by atoms with Crippen LogP contribution in [0.25, 0.3) is 22.2 Å². The van der Waals surface area contributed by atoms with E-state index in [2.05, 4.69) is 50.3 Å². The molecule has 1 aliphatic heterocycles. The van der Waals surface area contributed by atoms with Crippen LogP contribution in [0.4, 0.5) is 5.82 Å². The van der Waals surface area contributed by atoms with Crippen molar-refractivity contribution in [3.05, 3.63) is 72.7 Å². The predicted molar refractivity (Wildman–Crippen MR) is 115 cm³/mol. The first-order chi connectivity index (χ1) is 14.3. The van der Waals surface area contributed by atoms with Crippen LogP contribution in [-0.4, -0.2) is 27.6 Å². The summed E-state index contributed by atoms with van der Waals surface area (Å²) in [5.41, 5.74) is 10.4. The molecular formula is C23H23N5O. The fraction of sp³-hybridized carbons (Fsp3) is 0.217. The Morgan fingerprint density at radius 1 is 1.10 bits per heavy atom. The van der Waals surface area contributed by atoms with Crippen molar-refractivity contribution < 1.29 is 4.74 Å². The number of nitrogens with one attached hydrogen (secondary N) is 1. The Hall–Kier alpha value is -3.38. The summed E-state index contributed by atoms with van der Waals surface area (Å²) in [5, 5.41) is 4.33. The molecule has 0 saturated carbocycles. The maximum atomic E-state index is 6.27. The number of fused-ring (bicyclic) bond motifs is 1. The molecule has 1 atom stereocenters. The number of nitrogens with zero attached hydrogens (tertiary/aromatic N) is 3. The lowest BCUT2D eigenvalue weighted by Crippen LogP contribution is -2.13. The van der Waals surface area contributed by atoms with Crippen LogP contribution in [0.1, 0.15) is 18.0 Å². The molecule has 6 heteroatoms. The van der Waals surface area contributed by atoms with Crippen LogP contribution in [0.15, 0.2) is 67.1 Å². The summed E-state index contributed by atoms with van der Waals surface area (Å²) in [6.45, 7) is 2.49. The van der Waals surface area contributed by atoms with Gasteiger partial charge in [-0.1, -0.05) is 42.5 Å². The molecule has 1 saturated heterocycles. The summed E-state index contributed by atoms with van der Waals surface area (Å²) in [4.78, 5) is 8.78. The number of nitrogens with two attached hydrogens (primary N) is 1. The van der Waals surface area contributed by atoms with Gasteiger partial charge in [0.15, 0.2) is 0 Å². The van der Waals surface area contributed by atoms with Gasteiger partial charge in [0.2, 0.25) is 0 Å². The van der Waals surface area contributed by atoms with Crippen molar-refractivity contribution in [1.29, 1.82) is 0 Å². The molecule has 0 aliphatic carbocycles. The van der Waals surface area contributed by atoms with Gasteiger partial charge in [-0.15, -0.1) is 0 Å². The Labute approximate surface area is 169 Å². The van der Waals surface area contributed by atoms with E-state index in [1.54, 1.807) is 6.33 Å². The maximum Gasteiger partial charge on any atom is 0.146 e. The predicted octanol–water partition coefficient (Wildman–Crippen LogP) is 3.79. The van der Waals surface area contributed by atoms with Crippen LogP contribution in [0.2, 0.25) is 0 Å². The Bertz CT molecular complexity index is 1130. The highest BCUT2D eigenvalue weighted by atomic mass is 16.5. The molecule has 0 bridgehead atoms. The lowest BCUT2D eigenvalue weighted by molar-refractivity contribution is 0.306. The lowest BCUT2D eigenvalue weighted by Gasteiger charge is -2.11. The van der Waals surface area contributed by atoms with Crippen LogP contribution < -0.4 is 15.8 Å². The Balaban J connectivity index is 1.52. The molecular weight excluding hydrogens is 362 g/mol. The Morgan fingerprint density at radius 2 is 2.00 bits per heavy atom. The van der Waals surface area contributed by atoms with Gasteiger partial charge in [0, 0.05) is 24.3 Å². The van der Waals surface area contributed by atoms with Crippen molar-refractivity contribution in [1.82, 2.24) is 19.9 Å². The van der Waals surface area contributed by atoms with Crippen LogP contribution in [0.3, 0.4) is 0 Å². The van der Waals surface area contributed by atoms with Crippen LogP contribution in [0, 0.1) is 0 Å². The molecule has 1 fully saturated rings. The first-order valence-corrected chi connectivity index (χ1v) is 9.88. The van der Waals surface area contributed by atoms with Gasteiger partial charge in [-0.3, -0.25) is 0 Å². The number of hydrogen-bond donors (Lipinski definition) is 2. The van der Waals surface area contributed by atoms with E-state index < -0.39 is 0 Å². The first-order valence-electron chi connectivity index (χ1n) is 9.88. The molecule has 0 spiro atoms. The zero-order valence-corrected chi connectivity index (χ0v) is 16.1. The van der Waals surface area contributed by atoms with E-state index in [1.807, 2.05) is 30.3 Å². The van der Waals surface area contributed by atoms with Gasteiger partial charge in [0.05, 0.1) is 5.39 Å². The lowest BCUT2D eigenvalue weighted by atomic mass is 10.1. The van der Waals surface area contributed by atoms with Gasteiger partial charge < -0.3 is 20.4 Å². The molecule has 2 aromatic heterocycles. The van der Waals surface area contributed by atoms with E-state index in [0.29, 0.717) is 18.5 Å². The SMILES string of the molecule is Nc1ncnc2c1c(-c1cccc(OCc3ccccc3)c1)cn2C1CCNC1. The molecule has 6 nitrogen and oxygen atoms in total. The molecule has 146 valence electrons. The molecule has 5 rings (SSSR count). The molecule has 1 aliphatic rings. The number of rotatable bonds is 5. The van der Waals surface area contributed by atoms with Crippen molar-refractivity contribution >= 4 is 16.9 Å². The van der Waals surface area contributed by atoms with Gasteiger partial charge >= 0.3 is 0 Å². The van der Waals surface area contributed by atoms with E-state index in [-0.39, 0.29) is 0 Å². The van der Waals surface area contributed by atoms with Gasteiger partial charge in [-0.05, 0) is 36.2 Å². The number of hydrogen-bond acceptors (Lipinski definition) is 5. The van der Waals surface area contributed by atoms with Crippen LogP contribution in [-0.2, 0) is 6.61 Å². The summed E-state index contributed by atoms with van der Waals surface area (Å²) < 4.78 is 8.26. The Morgan fingerprint density at radius 3 is 2.83 bits per heavy atom. The summed E-state index contributed by atoms with van der Waals surface area (Å²) in [6.07, 6.45) is 4.77. The number of nitrogen functional groups attached to an aromatic ring is 1. The van der Waals surface area contributed by atoms with Crippen LogP contribution in [0.5, 0.6) is 5.75 Å². The number of benzene rings is 2. The average molecular weight is 385 g/mol. The molecule has 0 amide bonds. The van der Waals surface area contributed by atoms with Gasteiger partial charge in [0.25, 0.3) is 0 Å². The standard InChI is InChI=1S/C23H23N5O/c24-22-21-20(13-28(18-9-10-25-12-18)23(21)27-15-26-22)17-7-4-8-19(11-17)29-14-16-5-2-1-3-6-16/h1-8,11,13,15,18,25H,9-10,12,14H2,(H2,24,26,27). The fourth-order valence-corrected chi connectivity index (χ4v) is 3.98. The highest BCUT2D eigenvalue weighted by molar-refractivity contribution is 6.00. The summed E-state index contributed by atoms with van der Waals surface area (Å²) >= 11 is 0. The normalized spacial score (nSPS) is 16.3. The fourth-order valence-electron chi connectivity index (χ4n) is 3.98. The smallest absolute Gasteiger partial charge is 0.146 e. The molecule has 3 N–H and O–H groups in total. The van der Waals surface area contributed by atoms with E-state index >= 15 is 0 Å². The van der Waals surface area contributed by atoms with Crippen LogP contribution >= 0.6 is 0 Å². The van der Waals surface area contributed by atoms with Crippen molar-refractivity contribution in [2.45, 2.75) is 19.1 Å². The van der Waals surface area contributed by atoms with Crippen molar-refractivity contribution in [3.8, 4) is 16.9 Å². The third-order valence-corrected chi connectivity index (χ3v) is 5.46. The zero-order chi connectivity index (χ0) is 19.6. The topological polar surface area (TPSA) is 78.0 Å². The molecule has 29 heavy (non-hydrogen) atoms. The minimum atomic E-state index is 0.373. The van der Waals surface area contributed by atoms with Crippen molar-refractivity contribution in [2.24, 2.45) is 0 Å².